The molecule has 0 atom stereocenters. The van der Waals surface area contributed by atoms with Crippen molar-refractivity contribution >= 4 is 12.0 Å². The van der Waals surface area contributed by atoms with E-state index in [1.54, 1.807) is 6.21 Å². The van der Waals surface area contributed by atoms with E-state index in [0.29, 0.717) is 6.42 Å². The number of ketones is 1. The number of Topliss-reactive ketones (excluding diaryl/α,β-unsaturated/α-hetero) is 1. The Bertz CT molecular complexity index is 213. The number of carbonyl (C=O) groups excluding carboxylic acids is 1. The quantitative estimate of drug-likeness (QED) is 0.541. The highest BCUT2D eigenvalue weighted by Gasteiger charge is 2.11. The van der Waals surface area contributed by atoms with Crippen LogP contribution in [-0.2, 0) is 4.79 Å². The molecule has 0 aromatic rings. The molecule has 0 aromatic heterocycles. The fourth-order valence-electron chi connectivity index (χ4n) is 1.01. The third kappa shape index (κ3) is 1.15. The topological polar surface area (TPSA) is 29.4 Å². The molecule has 0 unspecified atom stereocenters. The Hall–Kier alpha value is -0.920. The van der Waals surface area contributed by atoms with Gasteiger partial charge in [-0.25, -0.2) is 0 Å². The molecule has 10 heavy (non-hydrogen) atoms. The highest BCUT2D eigenvalue weighted by Crippen LogP contribution is 2.15. The maximum Gasteiger partial charge on any atom is 0.165 e. The zero-order chi connectivity index (χ0) is 7.56. The molecule has 0 radical (unpaired) electrons. The molecule has 0 aromatic carbocycles. The fourth-order valence-corrected chi connectivity index (χ4v) is 1.01. The highest BCUT2D eigenvalue weighted by molar-refractivity contribution is 6.05. The molecule has 0 fully saturated rings. The molecule has 2 heteroatoms. The summed E-state index contributed by atoms with van der Waals surface area (Å²) in [6.07, 6.45) is 3.03. The van der Waals surface area contributed by atoms with E-state index in [2.05, 4.69) is 4.99 Å². The largest absolute Gasteiger partial charge is 0.294 e. The summed E-state index contributed by atoms with van der Waals surface area (Å²) in [5.41, 5.74) is 1.78. The van der Waals surface area contributed by atoms with Gasteiger partial charge in [-0.2, -0.15) is 0 Å². The number of hydrogen-bond acceptors (Lipinski definition) is 2. The van der Waals surface area contributed by atoms with Gasteiger partial charge in [0.25, 0.3) is 0 Å². The monoisotopic (exact) mass is 137 g/mol. The van der Waals surface area contributed by atoms with Crippen molar-refractivity contribution in [1.29, 1.82) is 0 Å². The van der Waals surface area contributed by atoms with Crippen LogP contribution in [0, 0.1) is 0 Å². The second kappa shape index (κ2) is 2.78. The molecule has 0 amide bonds. The van der Waals surface area contributed by atoms with Gasteiger partial charge in [0.05, 0.1) is 0 Å². The Morgan fingerprint density at radius 2 is 2.40 bits per heavy atom. The molecule has 0 saturated heterocycles. The van der Waals surface area contributed by atoms with Crippen molar-refractivity contribution in [2.45, 2.75) is 26.7 Å². The molecule has 0 aliphatic carbocycles. The van der Waals surface area contributed by atoms with E-state index in [-0.39, 0.29) is 5.78 Å². The van der Waals surface area contributed by atoms with Crippen LogP contribution < -0.4 is 0 Å². The van der Waals surface area contributed by atoms with E-state index in [1.807, 2.05) is 13.8 Å². The van der Waals surface area contributed by atoms with Crippen molar-refractivity contribution in [2.24, 2.45) is 4.99 Å². The lowest BCUT2D eigenvalue weighted by atomic mass is 10.1. The summed E-state index contributed by atoms with van der Waals surface area (Å²) in [6.45, 7) is 3.85. The van der Waals surface area contributed by atoms with Crippen LogP contribution in [0.1, 0.15) is 26.7 Å². The normalized spacial score (nSPS) is 18.4. The highest BCUT2D eigenvalue weighted by atomic mass is 16.1. The summed E-state index contributed by atoms with van der Waals surface area (Å²) >= 11 is 0. The third-order valence-corrected chi connectivity index (χ3v) is 1.71. The summed E-state index contributed by atoms with van der Waals surface area (Å²) in [5, 5.41) is 0. The first-order valence-corrected chi connectivity index (χ1v) is 3.51. The number of carbonyl (C=O) groups is 1. The Labute approximate surface area is 60.7 Å². The van der Waals surface area contributed by atoms with Gasteiger partial charge in [0.15, 0.2) is 5.78 Å². The maximum absolute atomic E-state index is 11.0. The average Bonchev–Trinajstić information content (AvgIpc) is 1.95. The second-order valence-electron chi connectivity index (χ2n) is 2.36. The van der Waals surface area contributed by atoms with Crippen molar-refractivity contribution in [2.75, 3.05) is 0 Å². The van der Waals surface area contributed by atoms with E-state index in [1.165, 1.54) is 0 Å². The third-order valence-electron chi connectivity index (χ3n) is 1.71. The fraction of sp³-hybridized carbons (Fsp3) is 0.500. The van der Waals surface area contributed by atoms with E-state index in [0.717, 1.165) is 17.7 Å². The molecular weight excluding hydrogens is 126 g/mol. The van der Waals surface area contributed by atoms with Gasteiger partial charge >= 0.3 is 0 Å². The van der Waals surface area contributed by atoms with Crippen LogP contribution in [0.5, 0.6) is 0 Å². The van der Waals surface area contributed by atoms with Gasteiger partial charge in [0.1, 0.15) is 0 Å². The van der Waals surface area contributed by atoms with E-state index < -0.39 is 0 Å². The second-order valence-corrected chi connectivity index (χ2v) is 2.36. The molecule has 0 N–H and O–H groups in total. The Morgan fingerprint density at radius 3 is 2.90 bits per heavy atom. The molecule has 0 spiro atoms. The van der Waals surface area contributed by atoms with Crippen molar-refractivity contribution in [3.8, 4) is 0 Å². The first-order chi connectivity index (χ1) is 4.75. The lowest BCUT2D eigenvalue weighted by Gasteiger charge is -2.07. The Morgan fingerprint density at radius 1 is 1.70 bits per heavy atom. The zero-order valence-corrected chi connectivity index (χ0v) is 6.35. The van der Waals surface area contributed by atoms with Crippen LogP contribution in [0.4, 0.5) is 0 Å². The van der Waals surface area contributed by atoms with Crippen molar-refractivity contribution in [1.82, 2.24) is 0 Å². The molecule has 1 rings (SSSR count). The molecule has 1 aliphatic heterocycles. The lowest BCUT2D eigenvalue weighted by Crippen LogP contribution is -2.07. The summed E-state index contributed by atoms with van der Waals surface area (Å²) in [6, 6.07) is 0. The molecule has 1 heterocycles. The smallest absolute Gasteiger partial charge is 0.165 e. The number of allylic oxidation sites excluding steroid dienone is 2. The van der Waals surface area contributed by atoms with Crippen LogP contribution >= 0.6 is 0 Å². The standard InChI is InChI=1S/C8H11NO/c1-3-7-6(2)8(10)4-5-9-7/h5H,3-4H2,1-2H3. The van der Waals surface area contributed by atoms with Crippen molar-refractivity contribution < 1.29 is 4.79 Å². The first kappa shape index (κ1) is 7.19. The summed E-state index contributed by atoms with van der Waals surface area (Å²) in [4.78, 5) is 15.1. The first-order valence-electron chi connectivity index (χ1n) is 3.51. The van der Waals surface area contributed by atoms with Crippen LogP contribution in [-0.4, -0.2) is 12.0 Å². The maximum atomic E-state index is 11.0. The van der Waals surface area contributed by atoms with Gasteiger partial charge in [0.2, 0.25) is 0 Å². The van der Waals surface area contributed by atoms with Gasteiger partial charge < -0.3 is 0 Å². The van der Waals surface area contributed by atoms with Gasteiger partial charge in [-0.15, -0.1) is 0 Å². The molecule has 54 valence electrons. The van der Waals surface area contributed by atoms with E-state index in [4.69, 9.17) is 0 Å². The summed E-state index contributed by atoms with van der Waals surface area (Å²) in [7, 11) is 0. The van der Waals surface area contributed by atoms with E-state index >= 15 is 0 Å². The average molecular weight is 137 g/mol. The Balaban J connectivity index is 2.93. The van der Waals surface area contributed by atoms with Crippen molar-refractivity contribution in [3.05, 3.63) is 11.3 Å². The van der Waals surface area contributed by atoms with Crippen LogP contribution in [0.15, 0.2) is 16.3 Å². The van der Waals surface area contributed by atoms with Crippen molar-refractivity contribution in [3.63, 3.8) is 0 Å². The summed E-state index contributed by atoms with van der Waals surface area (Å²) in [5.74, 6) is 0.215. The minimum absolute atomic E-state index is 0.215. The molecule has 0 saturated carbocycles. The minimum atomic E-state index is 0.215. The van der Waals surface area contributed by atoms with Gasteiger partial charge in [0, 0.05) is 23.9 Å². The SMILES string of the molecule is CCC1=C(C)C(=O)CC=N1. The molecule has 0 bridgehead atoms. The molecule has 1 aliphatic rings. The minimum Gasteiger partial charge on any atom is -0.294 e. The predicted molar refractivity (Wildman–Crippen MR) is 41.1 cm³/mol. The summed E-state index contributed by atoms with van der Waals surface area (Å²) < 4.78 is 0. The van der Waals surface area contributed by atoms with Crippen LogP contribution in [0.25, 0.3) is 0 Å². The molecule has 2 nitrogen and oxygen atoms in total. The number of rotatable bonds is 1. The van der Waals surface area contributed by atoms with Gasteiger partial charge in [-0.1, -0.05) is 6.92 Å². The van der Waals surface area contributed by atoms with Gasteiger partial charge in [-0.05, 0) is 13.3 Å². The Kier molecular flexibility index (Phi) is 2.00. The number of hydrogen-bond donors (Lipinski definition) is 0. The number of aliphatic imine (C=N–C) groups is 1. The number of nitrogens with zero attached hydrogens (tertiary/aromatic N) is 1. The zero-order valence-electron chi connectivity index (χ0n) is 6.35. The van der Waals surface area contributed by atoms with Crippen LogP contribution in [0.3, 0.4) is 0 Å². The molecular formula is C8H11NO. The van der Waals surface area contributed by atoms with Gasteiger partial charge in [-0.3, -0.25) is 9.79 Å². The van der Waals surface area contributed by atoms with Crippen LogP contribution in [0.2, 0.25) is 0 Å². The lowest BCUT2D eigenvalue weighted by molar-refractivity contribution is -0.114. The predicted octanol–water partition coefficient (Wildman–Crippen LogP) is 1.71. The van der Waals surface area contributed by atoms with E-state index in [9.17, 15) is 4.79 Å².